The number of nitrogens with one attached hydrogen (secondary N) is 2. The molecule has 0 atom stereocenters. The van der Waals surface area contributed by atoms with E-state index in [0.717, 1.165) is 4.31 Å². The van der Waals surface area contributed by atoms with Crippen LogP contribution in [-0.2, 0) is 14.9 Å². The summed E-state index contributed by atoms with van der Waals surface area (Å²) in [5.74, 6) is -0.175. The molecule has 8 heteroatoms. The quantitative estimate of drug-likeness (QED) is 0.281. The number of rotatable bonds is 9. The van der Waals surface area contributed by atoms with E-state index in [1.54, 1.807) is 0 Å². The van der Waals surface area contributed by atoms with Gasteiger partial charge in [0.1, 0.15) is 5.84 Å². The second-order valence-corrected chi connectivity index (χ2v) is 5.01. The molecule has 0 rings (SSSR count). The van der Waals surface area contributed by atoms with Crippen molar-refractivity contribution < 1.29 is 13.2 Å². The number of nitrogens with zero attached hydrogens (tertiary/aromatic N) is 1. The van der Waals surface area contributed by atoms with Crippen LogP contribution in [0.4, 0.5) is 0 Å². The summed E-state index contributed by atoms with van der Waals surface area (Å²) >= 11 is 0. The highest BCUT2D eigenvalue weighted by Gasteiger charge is 2.20. The molecule has 0 aromatic heterocycles. The SMILES string of the molecule is CCCN(CC(=N)N)S(=O)(=O)NCCOC. The van der Waals surface area contributed by atoms with Gasteiger partial charge in [0.15, 0.2) is 0 Å². The largest absolute Gasteiger partial charge is 0.387 e. The summed E-state index contributed by atoms with van der Waals surface area (Å²) in [7, 11) is -2.08. The minimum absolute atomic E-state index is 0.0871. The summed E-state index contributed by atoms with van der Waals surface area (Å²) in [6.45, 7) is 2.62. The fourth-order valence-electron chi connectivity index (χ4n) is 1.09. The third kappa shape index (κ3) is 6.01. The number of amidine groups is 1. The predicted octanol–water partition coefficient (Wildman–Crippen LogP) is -0.885. The molecule has 0 saturated heterocycles. The van der Waals surface area contributed by atoms with Crippen LogP contribution < -0.4 is 10.5 Å². The van der Waals surface area contributed by atoms with Gasteiger partial charge in [-0.15, -0.1) is 0 Å². The monoisotopic (exact) mass is 252 g/mol. The van der Waals surface area contributed by atoms with Gasteiger partial charge in [0, 0.05) is 20.2 Å². The van der Waals surface area contributed by atoms with Crippen molar-refractivity contribution in [1.29, 1.82) is 5.41 Å². The van der Waals surface area contributed by atoms with Crippen LogP contribution in [0.5, 0.6) is 0 Å². The standard InChI is InChI=1S/C8H20N4O3S/c1-3-5-12(7-8(9)10)16(13,14)11-4-6-15-2/h11H,3-7H2,1-2H3,(H3,9,10). The van der Waals surface area contributed by atoms with E-state index in [2.05, 4.69) is 4.72 Å². The highest BCUT2D eigenvalue weighted by Crippen LogP contribution is 1.98. The van der Waals surface area contributed by atoms with Crippen molar-refractivity contribution in [2.45, 2.75) is 13.3 Å². The molecule has 0 fully saturated rings. The fourth-order valence-corrected chi connectivity index (χ4v) is 2.34. The molecule has 0 heterocycles. The molecule has 4 N–H and O–H groups in total. The van der Waals surface area contributed by atoms with E-state index < -0.39 is 10.2 Å². The van der Waals surface area contributed by atoms with E-state index in [4.69, 9.17) is 15.9 Å². The maximum Gasteiger partial charge on any atom is 0.279 e. The van der Waals surface area contributed by atoms with Crippen LogP contribution in [0.15, 0.2) is 0 Å². The van der Waals surface area contributed by atoms with Crippen LogP contribution in [-0.4, -0.2) is 51.9 Å². The molecule has 0 saturated carbocycles. The van der Waals surface area contributed by atoms with Crippen molar-refractivity contribution in [2.75, 3.05) is 33.4 Å². The zero-order valence-corrected chi connectivity index (χ0v) is 10.5. The molecule has 0 aliphatic carbocycles. The van der Waals surface area contributed by atoms with E-state index in [-0.39, 0.29) is 18.9 Å². The lowest BCUT2D eigenvalue weighted by Gasteiger charge is -2.20. The van der Waals surface area contributed by atoms with Gasteiger partial charge in [-0.2, -0.15) is 17.4 Å². The normalized spacial score (nSPS) is 11.9. The number of methoxy groups -OCH3 is 1. The van der Waals surface area contributed by atoms with Crippen molar-refractivity contribution in [1.82, 2.24) is 9.03 Å². The molecule has 96 valence electrons. The van der Waals surface area contributed by atoms with Gasteiger partial charge in [-0.1, -0.05) is 6.92 Å². The average Bonchev–Trinajstić information content (AvgIpc) is 2.16. The Morgan fingerprint density at radius 3 is 2.62 bits per heavy atom. The van der Waals surface area contributed by atoms with Crippen LogP contribution in [0, 0.1) is 5.41 Å². The first-order valence-electron chi connectivity index (χ1n) is 5.00. The van der Waals surface area contributed by atoms with E-state index in [9.17, 15) is 8.42 Å². The van der Waals surface area contributed by atoms with Crippen LogP contribution >= 0.6 is 0 Å². The van der Waals surface area contributed by atoms with Gasteiger partial charge in [-0.05, 0) is 6.42 Å². The summed E-state index contributed by atoms with van der Waals surface area (Å²) in [5.41, 5.74) is 5.20. The number of nitrogens with two attached hydrogens (primary N) is 1. The van der Waals surface area contributed by atoms with Crippen LogP contribution in [0.3, 0.4) is 0 Å². The van der Waals surface area contributed by atoms with Crippen LogP contribution in [0.1, 0.15) is 13.3 Å². The first kappa shape index (κ1) is 15.3. The fraction of sp³-hybridized carbons (Fsp3) is 0.875. The zero-order valence-electron chi connectivity index (χ0n) is 9.69. The van der Waals surface area contributed by atoms with Gasteiger partial charge >= 0.3 is 0 Å². The second-order valence-electron chi connectivity index (χ2n) is 3.25. The van der Waals surface area contributed by atoms with E-state index in [1.165, 1.54) is 7.11 Å². The maximum absolute atomic E-state index is 11.7. The second kappa shape index (κ2) is 7.55. The van der Waals surface area contributed by atoms with E-state index in [1.807, 2.05) is 6.92 Å². The molecular formula is C8H20N4O3S. The summed E-state index contributed by atoms with van der Waals surface area (Å²) in [4.78, 5) is 0. The number of hydrogen-bond acceptors (Lipinski definition) is 4. The van der Waals surface area contributed by atoms with Crippen molar-refractivity contribution in [3.63, 3.8) is 0 Å². The Balaban J connectivity index is 4.43. The van der Waals surface area contributed by atoms with Crippen LogP contribution in [0.2, 0.25) is 0 Å². The molecule has 7 nitrogen and oxygen atoms in total. The summed E-state index contributed by atoms with van der Waals surface area (Å²) in [5, 5.41) is 7.12. The molecule has 0 aromatic carbocycles. The molecule has 0 unspecified atom stereocenters. The van der Waals surface area contributed by atoms with Gasteiger partial charge in [0.25, 0.3) is 10.2 Å². The van der Waals surface area contributed by atoms with Crippen LogP contribution in [0.25, 0.3) is 0 Å². The minimum atomic E-state index is -3.57. The highest BCUT2D eigenvalue weighted by atomic mass is 32.2. The summed E-state index contributed by atoms with van der Waals surface area (Å²) in [6, 6.07) is 0. The Morgan fingerprint density at radius 1 is 1.56 bits per heavy atom. The molecule has 0 aromatic rings. The minimum Gasteiger partial charge on any atom is -0.387 e. The predicted molar refractivity (Wildman–Crippen MR) is 62.6 cm³/mol. The smallest absolute Gasteiger partial charge is 0.279 e. The first-order chi connectivity index (χ1) is 7.44. The van der Waals surface area contributed by atoms with Crippen molar-refractivity contribution in [2.24, 2.45) is 5.73 Å². The Labute approximate surface area is 96.6 Å². The molecule has 0 aliphatic rings. The van der Waals surface area contributed by atoms with Gasteiger partial charge in [-0.25, -0.2) is 0 Å². The van der Waals surface area contributed by atoms with Gasteiger partial charge < -0.3 is 10.5 Å². The summed E-state index contributed by atoms with van der Waals surface area (Å²) in [6.07, 6.45) is 0.665. The van der Waals surface area contributed by atoms with Gasteiger partial charge in [0.05, 0.1) is 13.2 Å². The van der Waals surface area contributed by atoms with Crippen molar-refractivity contribution in [3.8, 4) is 0 Å². The zero-order chi connectivity index (χ0) is 12.6. The van der Waals surface area contributed by atoms with Crippen molar-refractivity contribution >= 4 is 16.0 Å². The highest BCUT2D eigenvalue weighted by molar-refractivity contribution is 7.87. The number of hydrogen-bond donors (Lipinski definition) is 3. The summed E-state index contributed by atoms with van der Waals surface area (Å²) < 4.78 is 31.7. The van der Waals surface area contributed by atoms with E-state index >= 15 is 0 Å². The topological polar surface area (TPSA) is 109 Å². The average molecular weight is 252 g/mol. The third-order valence-corrected chi connectivity index (χ3v) is 3.31. The lowest BCUT2D eigenvalue weighted by molar-refractivity contribution is 0.204. The lowest BCUT2D eigenvalue weighted by Crippen LogP contribution is -2.45. The maximum atomic E-state index is 11.7. The Hall–Kier alpha value is -0.700. The van der Waals surface area contributed by atoms with E-state index in [0.29, 0.717) is 19.6 Å². The van der Waals surface area contributed by atoms with Crippen molar-refractivity contribution in [3.05, 3.63) is 0 Å². The Bertz CT molecular complexity index is 304. The van der Waals surface area contributed by atoms with Gasteiger partial charge in [-0.3, -0.25) is 5.41 Å². The molecule has 16 heavy (non-hydrogen) atoms. The first-order valence-corrected chi connectivity index (χ1v) is 6.44. The molecule has 0 amide bonds. The Kier molecular flexibility index (Phi) is 7.22. The number of ether oxygens (including phenoxy) is 1. The molecule has 0 spiro atoms. The third-order valence-electron chi connectivity index (χ3n) is 1.75. The lowest BCUT2D eigenvalue weighted by atomic mass is 10.4. The van der Waals surface area contributed by atoms with Gasteiger partial charge in [0.2, 0.25) is 0 Å². The molecule has 0 bridgehead atoms. The molecular weight excluding hydrogens is 232 g/mol. The molecule has 0 aliphatic heterocycles. The molecule has 0 radical (unpaired) electrons. The Morgan fingerprint density at radius 2 is 2.19 bits per heavy atom.